The zero-order chi connectivity index (χ0) is 16.8. The summed E-state index contributed by atoms with van der Waals surface area (Å²) < 4.78 is 5.13. The van der Waals surface area contributed by atoms with Crippen LogP contribution in [0.2, 0.25) is 0 Å². The van der Waals surface area contributed by atoms with Crippen LogP contribution < -0.4 is 21.1 Å². The fourth-order valence-electron chi connectivity index (χ4n) is 2.61. The maximum atomic E-state index is 12.3. The highest BCUT2D eigenvalue weighted by atomic mass is 16.5. The minimum atomic E-state index is -0.153. The Labute approximate surface area is 136 Å². The molecule has 126 valence electrons. The molecule has 0 spiro atoms. The van der Waals surface area contributed by atoms with Crippen molar-refractivity contribution >= 4 is 17.6 Å². The van der Waals surface area contributed by atoms with Crippen molar-refractivity contribution < 1.29 is 14.3 Å². The number of nitrogens with one attached hydrogen (secondary N) is 2. The van der Waals surface area contributed by atoms with E-state index in [1.807, 2.05) is 6.92 Å². The second-order valence-corrected chi connectivity index (χ2v) is 5.53. The summed E-state index contributed by atoms with van der Waals surface area (Å²) in [6.07, 6.45) is 1.49. The van der Waals surface area contributed by atoms with Crippen LogP contribution in [0.5, 0.6) is 5.75 Å². The molecular weight excluding hydrogens is 296 g/mol. The number of methoxy groups -OCH3 is 1. The smallest absolute Gasteiger partial charge is 0.317 e. The third-order valence-electron chi connectivity index (χ3n) is 3.94. The lowest BCUT2D eigenvalue weighted by Gasteiger charge is -2.32. The van der Waals surface area contributed by atoms with Gasteiger partial charge in [0.25, 0.3) is 5.91 Å². The average Bonchev–Trinajstić information content (AvgIpc) is 2.56. The molecule has 7 nitrogen and oxygen atoms in total. The van der Waals surface area contributed by atoms with Gasteiger partial charge in [-0.1, -0.05) is 0 Å². The molecule has 0 saturated carbocycles. The molecule has 1 aliphatic rings. The van der Waals surface area contributed by atoms with Crippen LogP contribution in [-0.2, 0) is 0 Å². The zero-order valence-corrected chi connectivity index (χ0v) is 13.6. The molecule has 0 radical (unpaired) electrons. The highest BCUT2D eigenvalue weighted by Gasteiger charge is 2.24. The number of nitrogens with zero attached hydrogens (tertiary/aromatic N) is 1. The number of carbonyl (C=O) groups is 2. The summed E-state index contributed by atoms with van der Waals surface area (Å²) in [4.78, 5) is 25.8. The number of ether oxygens (including phenoxy) is 1. The van der Waals surface area contributed by atoms with Gasteiger partial charge in [-0.05, 0) is 38.0 Å². The Balaban J connectivity index is 1.89. The van der Waals surface area contributed by atoms with Gasteiger partial charge in [-0.15, -0.1) is 0 Å². The van der Waals surface area contributed by atoms with Crippen molar-refractivity contribution in [2.24, 2.45) is 0 Å². The second-order valence-electron chi connectivity index (χ2n) is 5.53. The Hall–Kier alpha value is -2.44. The predicted octanol–water partition coefficient (Wildman–Crippen LogP) is 1.20. The van der Waals surface area contributed by atoms with Gasteiger partial charge in [-0.2, -0.15) is 0 Å². The summed E-state index contributed by atoms with van der Waals surface area (Å²) >= 11 is 0. The number of piperidine rings is 1. The van der Waals surface area contributed by atoms with Crippen molar-refractivity contribution in [2.75, 3.05) is 32.5 Å². The average molecular weight is 320 g/mol. The number of carbonyl (C=O) groups excluding carboxylic acids is 2. The van der Waals surface area contributed by atoms with Crippen LogP contribution in [0.4, 0.5) is 10.5 Å². The molecule has 3 amide bonds. The Bertz CT molecular complexity index is 568. The molecule has 2 rings (SSSR count). The lowest BCUT2D eigenvalue weighted by molar-refractivity contribution is 0.0917. The van der Waals surface area contributed by atoms with Crippen LogP contribution in [0.1, 0.15) is 30.1 Å². The minimum absolute atomic E-state index is 0.0412. The lowest BCUT2D eigenvalue weighted by Crippen LogP contribution is -2.49. The normalized spacial score (nSPS) is 15.1. The molecule has 23 heavy (non-hydrogen) atoms. The van der Waals surface area contributed by atoms with Gasteiger partial charge in [-0.25, -0.2) is 4.79 Å². The van der Waals surface area contributed by atoms with E-state index in [0.29, 0.717) is 36.6 Å². The maximum Gasteiger partial charge on any atom is 0.317 e. The standard InChI is InChI=1S/C16H24N4O3/c1-3-18-16(22)20-8-6-12(7-9-20)19-15(21)11-4-5-13(17)14(10-11)23-2/h4-5,10,12H,3,6-9,17H2,1-2H3,(H,18,22)(H,19,21). The predicted molar refractivity (Wildman–Crippen MR) is 88.5 cm³/mol. The van der Waals surface area contributed by atoms with Crippen LogP contribution in [0, 0.1) is 0 Å². The van der Waals surface area contributed by atoms with Crippen molar-refractivity contribution in [1.29, 1.82) is 0 Å². The summed E-state index contributed by atoms with van der Waals surface area (Å²) in [6.45, 7) is 3.80. The van der Waals surface area contributed by atoms with E-state index in [4.69, 9.17) is 10.5 Å². The van der Waals surface area contributed by atoms with Gasteiger partial charge in [0.2, 0.25) is 0 Å². The highest BCUT2D eigenvalue weighted by molar-refractivity contribution is 5.95. The Kier molecular flexibility index (Phi) is 5.67. The van der Waals surface area contributed by atoms with Crippen LogP contribution in [0.15, 0.2) is 18.2 Å². The first-order valence-electron chi connectivity index (χ1n) is 7.82. The van der Waals surface area contributed by atoms with E-state index in [1.165, 1.54) is 7.11 Å². The molecule has 0 aliphatic carbocycles. The van der Waals surface area contributed by atoms with Gasteiger partial charge < -0.3 is 26.0 Å². The van der Waals surface area contributed by atoms with E-state index < -0.39 is 0 Å². The number of amides is 3. The van der Waals surface area contributed by atoms with Crippen LogP contribution in [0.25, 0.3) is 0 Å². The number of hydrogen-bond donors (Lipinski definition) is 3. The SMILES string of the molecule is CCNC(=O)N1CCC(NC(=O)c2ccc(N)c(OC)c2)CC1. The molecule has 1 aliphatic heterocycles. The Morgan fingerprint density at radius 2 is 2.04 bits per heavy atom. The second kappa shape index (κ2) is 7.71. The number of urea groups is 1. The fraction of sp³-hybridized carbons (Fsp3) is 0.500. The molecule has 1 aromatic rings. The largest absolute Gasteiger partial charge is 0.495 e. The minimum Gasteiger partial charge on any atom is -0.495 e. The van der Waals surface area contributed by atoms with Crippen molar-refractivity contribution in [3.8, 4) is 5.75 Å². The summed E-state index contributed by atoms with van der Waals surface area (Å²) in [5, 5.41) is 5.79. The topological polar surface area (TPSA) is 96.7 Å². The highest BCUT2D eigenvalue weighted by Crippen LogP contribution is 2.22. The van der Waals surface area contributed by atoms with Gasteiger partial charge in [0, 0.05) is 31.2 Å². The molecule has 4 N–H and O–H groups in total. The number of rotatable bonds is 4. The first kappa shape index (κ1) is 16.9. The van der Waals surface area contributed by atoms with Gasteiger partial charge in [0.15, 0.2) is 0 Å². The Morgan fingerprint density at radius 1 is 1.35 bits per heavy atom. The van der Waals surface area contributed by atoms with E-state index >= 15 is 0 Å². The van der Waals surface area contributed by atoms with Crippen molar-refractivity contribution in [3.05, 3.63) is 23.8 Å². The molecule has 0 unspecified atom stereocenters. The number of hydrogen-bond acceptors (Lipinski definition) is 4. The quantitative estimate of drug-likeness (QED) is 0.726. The van der Waals surface area contributed by atoms with E-state index in [2.05, 4.69) is 10.6 Å². The van der Waals surface area contributed by atoms with Crippen LogP contribution in [0.3, 0.4) is 0 Å². The number of nitrogens with two attached hydrogens (primary N) is 1. The zero-order valence-electron chi connectivity index (χ0n) is 13.6. The number of nitrogen functional groups attached to an aromatic ring is 1. The third-order valence-corrected chi connectivity index (χ3v) is 3.94. The lowest BCUT2D eigenvalue weighted by atomic mass is 10.0. The van der Waals surface area contributed by atoms with Crippen LogP contribution in [-0.4, -0.2) is 49.6 Å². The molecule has 0 aromatic heterocycles. The van der Waals surface area contributed by atoms with E-state index in [1.54, 1.807) is 23.1 Å². The van der Waals surface area contributed by atoms with Gasteiger partial charge in [-0.3, -0.25) is 4.79 Å². The first-order chi connectivity index (χ1) is 11.0. The molecule has 1 aromatic carbocycles. The molecule has 7 heteroatoms. The third kappa shape index (κ3) is 4.28. The molecule has 1 saturated heterocycles. The van der Waals surface area contributed by atoms with Gasteiger partial charge in [0.05, 0.1) is 12.8 Å². The van der Waals surface area contributed by atoms with E-state index in [0.717, 1.165) is 12.8 Å². The van der Waals surface area contributed by atoms with E-state index in [-0.39, 0.29) is 18.0 Å². The Morgan fingerprint density at radius 3 is 2.65 bits per heavy atom. The summed E-state index contributed by atoms with van der Waals surface area (Å²) in [6, 6.07) is 4.99. The summed E-state index contributed by atoms with van der Waals surface area (Å²) in [5.41, 5.74) is 6.77. The van der Waals surface area contributed by atoms with Crippen molar-refractivity contribution in [1.82, 2.24) is 15.5 Å². The van der Waals surface area contributed by atoms with Crippen molar-refractivity contribution in [2.45, 2.75) is 25.8 Å². The number of likely N-dealkylation sites (tertiary alicyclic amines) is 1. The maximum absolute atomic E-state index is 12.3. The number of benzene rings is 1. The first-order valence-corrected chi connectivity index (χ1v) is 7.82. The fourth-order valence-corrected chi connectivity index (χ4v) is 2.61. The van der Waals surface area contributed by atoms with Crippen LogP contribution >= 0.6 is 0 Å². The summed E-state index contributed by atoms with van der Waals surface area (Å²) in [7, 11) is 1.52. The van der Waals surface area contributed by atoms with E-state index in [9.17, 15) is 9.59 Å². The van der Waals surface area contributed by atoms with Gasteiger partial charge >= 0.3 is 6.03 Å². The molecule has 0 atom stereocenters. The van der Waals surface area contributed by atoms with Gasteiger partial charge in [0.1, 0.15) is 5.75 Å². The molecule has 1 heterocycles. The van der Waals surface area contributed by atoms with Crippen molar-refractivity contribution in [3.63, 3.8) is 0 Å². The monoisotopic (exact) mass is 320 g/mol. The molecule has 0 bridgehead atoms. The summed E-state index contributed by atoms with van der Waals surface area (Å²) in [5.74, 6) is 0.337. The number of anilines is 1. The molecular formula is C16H24N4O3. The molecule has 1 fully saturated rings.